The second-order valence-corrected chi connectivity index (χ2v) is 17.7. The zero-order valence-corrected chi connectivity index (χ0v) is 14.8. The summed E-state index contributed by atoms with van der Waals surface area (Å²) in [5.41, 5.74) is 0. The van der Waals surface area contributed by atoms with E-state index in [2.05, 4.69) is 46.3 Å². The predicted molar refractivity (Wildman–Crippen MR) is 82.7 cm³/mol. The minimum absolute atomic E-state index is 0.935. The van der Waals surface area contributed by atoms with Crippen molar-refractivity contribution in [2.75, 3.05) is 14.2 Å². The fourth-order valence-electron chi connectivity index (χ4n) is 2.19. The Labute approximate surface area is 119 Å². The molecule has 19 heavy (non-hydrogen) atoms. The van der Waals surface area contributed by atoms with Crippen LogP contribution in [0.1, 0.15) is 0 Å². The van der Waals surface area contributed by atoms with Crippen LogP contribution in [0, 0.1) is 0 Å². The third kappa shape index (κ3) is 3.05. The minimum atomic E-state index is -2.54. The molecule has 0 aliphatic rings. The van der Waals surface area contributed by atoms with Crippen LogP contribution in [0.25, 0.3) is 0 Å². The summed E-state index contributed by atoms with van der Waals surface area (Å²) in [5.74, 6) is 1.87. The van der Waals surface area contributed by atoms with Crippen LogP contribution < -0.4 is 16.6 Å². The van der Waals surface area contributed by atoms with Gasteiger partial charge in [0.25, 0.3) is 0 Å². The molecule has 0 fully saturated rings. The topological polar surface area (TPSA) is 18.5 Å². The summed E-state index contributed by atoms with van der Waals surface area (Å²) in [7, 11) is 3.43. The van der Waals surface area contributed by atoms with Crippen LogP contribution in [0.5, 0.6) is 11.5 Å². The van der Waals surface area contributed by atoms with E-state index in [0.29, 0.717) is 0 Å². The maximum absolute atomic E-state index is 5.34. The molecule has 0 aliphatic carbocycles. The number of ether oxygens (including phenoxy) is 2. The van der Waals surface area contributed by atoms with Crippen molar-refractivity contribution in [1.82, 2.24) is 0 Å². The van der Waals surface area contributed by atoms with Gasteiger partial charge >= 0.3 is 119 Å². The molecular formula is C16H20O2Sn. The van der Waals surface area contributed by atoms with E-state index < -0.39 is 18.4 Å². The van der Waals surface area contributed by atoms with Crippen LogP contribution in [0.2, 0.25) is 9.88 Å². The Morgan fingerprint density at radius 3 is 1.53 bits per heavy atom. The molecule has 0 heterocycles. The molecule has 0 bridgehead atoms. The molecule has 2 nitrogen and oxygen atoms in total. The van der Waals surface area contributed by atoms with Crippen molar-refractivity contribution in [3.8, 4) is 11.5 Å². The maximum atomic E-state index is 5.34. The molecule has 0 spiro atoms. The van der Waals surface area contributed by atoms with Crippen LogP contribution in [-0.4, -0.2) is 32.6 Å². The summed E-state index contributed by atoms with van der Waals surface area (Å²) in [6.45, 7) is 0. The molecule has 100 valence electrons. The summed E-state index contributed by atoms with van der Waals surface area (Å²) in [6.07, 6.45) is 0. The van der Waals surface area contributed by atoms with E-state index in [1.807, 2.05) is 12.1 Å². The first-order chi connectivity index (χ1) is 9.07. The summed E-state index contributed by atoms with van der Waals surface area (Å²) in [5, 5.41) is 0. The van der Waals surface area contributed by atoms with Crippen molar-refractivity contribution < 1.29 is 9.47 Å². The number of hydrogen-bond donors (Lipinski definition) is 0. The molecule has 3 heteroatoms. The molecule has 2 rings (SSSR count). The van der Waals surface area contributed by atoms with E-state index >= 15 is 0 Å². The van der Waals surface area contributed by atoms with E-state index in [1.165, 1.54) is 7.16 Å². The van der Waals surface area contributed by atoms with Crippen LogP contribution in [-0.2, 0) is 0 Å². The zero-order valence-electron chi connectivity index (χ0n) is 11.9. The second kappa shape index (κ2) is 5.86. The summed E-state index contributed by atoms with van der Waals surface area (Å²) < 4.78 is 13.5. The van der Waals surface area contributed by atoms with Gasteiger partial charge in [-0.25, -0.2) is 0 Å². The van der Waals surface area contributed by atoms with Crippen LogP contribution in [0.15, 0.2) is 48.5 Å². The van der Waals surface area contributed by atoms with Gasteiger partial charge in [-0.15, -0.1) is 0 Å². The Hall–Kier alpha value is -1.16. The van der Waals surface area contributed by atoms with Crippen LogP contribution >= 0.6 is 0 Å². The number of hydrogen-bond acceptors (Lipinski definition) is 2. The van der Waals surface area contributed by atoms with Gasteiger partial charge in [0.15, 0.2) is 0 Å². The summed E-state index contributed by atoms with van der Waals surface area (Å²) in [6, 6.07) is 16.9. The van der Waals surface area contributed by atoms with Crippen LogP contribution in [0.3, 0.4) is 0 Å². The van der Waals surface area contributed by atoms with Crippen molar-refractivity contribution in [1.29, 1.82) is 0 Å². The molecule has 2 aromatic rings. The molecule has 0 unspecified atom stereocenters. The first kappa shape index (κ1) is 14.3. The fourth-order valence-corrected chi connectivity index (χ4v) is 8.94. The molecule has 0 saturated heterocycles. The number of methoxy groups -OCH3 is 2. The molecule has 2 aromatic carbocycles. The van der Waals surface area contributed by atoms with E-state index in [0.717, 1.165) is 11.5 Å². The number of rotatable bonds is 4. The first-order valence-electron chi connectivity index (χ1n) is 6.37. The predicted octanol–water partition coefficient (Wildman–Crippen LogP) is 2.53. The molecule has 0 aromatic heterocycles. The molecular weight excluding hydrogens is 343 g/mol. The molecule has 0 amide bonds. The van der Waals surface area contributed by atoms with Crippen molar-refractivity contribution in [2.45, 2.75) is 9.88 Å². The van der Waals surface area contributed by atoms with Gasteiger partial charge in [-0.3, -0.25) is 0 Å². The van der Waals surface area contributed by atoms with Gasteiger partial charge in [0.05, 0.1) is 0 Å². The number of benzene rings is 2. The van der Waals surface area contributed by atoms with Gasteiger partial charge in [-0.05, 0) is 0 Å². The van der Waals surface area contributed by atoms with E-state index in [1.54, 1.807) is 14.2 Å². The van der Waals surface area contributed by atoms with Gasteiger partial charge in [0.1, 0.15) is 0 Å². The molecule has 0 N–H and O–H groups in total. The Balaban J connectivity index is 2.44. The van der Waals surface area contributed by atoms with Gasteiger partial charge in [-0.1, -0.05) is 0 Å². The molecule has 0 aliphatic heterocycles. The Bertz CT molecular complexity index is 515. The standard InChI is InChI=1S/2C7H7O.2CH3.Sn/c2*1-8-7-5-3-2-4-6-7;;;/h2*2-3,5-6H,1H3;2*1H3;. The normalized spacial score (nSPS) is 11.2. The second-order valence-electron chi connectivity index (χ2n) is 5.09. The van der Waals surface area contributed by atoms with E-state index in [9.17, 15) is 0 Å². The van der Waals surface area contributed by atoms with Crippen molar-refractivity contribution >= 4 is 25.5 Å². The van der Waals surface area contributed by atoms with Gasteiger partial charge in [0.2, 0.25) is 0 Å². The third-order valence-corrected chi connectivity index (χ3v) is 13.6. The van der Waals surface area contributed by atoms with Crippen molar-refractivity contribution in [3.05, 3.63) is 48.5 Å². The van der Waals surface area contributed by atoms with Gasteiger partial charge in [-0.2, -0.15) is 0 Å². The molecule has 0 saturated carbocycles. The van der Waals surface area contributed by atoms with Gasteiger partial charge < -0.3 is 0 Å². The van der Waals surface area contributed by atoms with Gasteiger partial charge in [0, 0.05) is 0 Å². The average Bonchev–Trinajstić information content (AvgIpc) is 2.47. The summed E-state index contributed by atoms with van der Waals surface area (Å²) >= 11 is -2.54. The molecule has 0 radical (unpaired) electrons. The van der Waals surface area contributed by atoms with Crippen LogP contribution in [0.4, 0.5) is 0 Å². The zero-order chi connectivity index (χ0) is 13.9. The Morgan fingerprint density at radius 2 is 1.16 bits per heavy atom. The third-order valence-electron chi connectivity index (χ3n) is 3.58. The average molecular weight is 363 g/mol. The monoisotopic (exact) mass is 364 g/mol. The SMILES string of the molecule is COc1ccc[c]([Sn]([CH3])([CH3])[c]2cccc(OC)c2)c1. The Kier molecular flexibility index (Phi) is 4.40. The van der Waals surface area contributed by atoms with Crippen molar-refractivity contribution in [3.63, 3.8) is 0 Å². The van der Waals surface area contributed by atoms with E-state index in [4.69, 9.17) is 9.47 Å². The fraction of sp³-hybridized carbons (Fsp3) is 0.250. The van der Waals surface area contributed by atoms with E-state index in [-0.39, 0.29) is 0 Å². The van der Waals surface area contributed by atoms with Crippen molar-refractivity contribution in [2.24, 2.45) is 0 Å². The summed E-state index contributed by atoms with van der Waals surface area (Å²) in [4.78, 5) is 4.83. The Morgan fingerprint density at radius 1 is 0.737 bits per heavy atom. The first-order valence-corrected chi connectivity index (χ1v) is 14.9. The molecule has 0 atom stereocenters. The quantitative estimate of drug-likeness (QED) is 0.778.